The van der Waals surface area contributed by atoms with Crippen LogP contribution in [0.4, 0.5) is 0 Å². The molecule has 2 heterocycles. The minimum absolute atomic E-state index is 0.158. The average molecular weight is 432 g/mol. The van der Waals surface area contributed by atoms with Crippen molar-refractivity contribution in [3.63, 3.8) is 0 Å². The van der Waals surface area contributed by atoms with Crippen molar-refractivity contribution < 1.29 is 14.3 Å². The van der Waals surface area contributed by atoms with Gasteiger partial charge in [0.1, 0.15) is 6.04 Å². The lowest BCUT2D eigenvalue weighted by Gasteiger charge is -2.22. The molecule has 1 fully saturated rings. The van der Waals surface area contributed by atoms with Gasteiger partial charge in [0.05, 0.1) is 12.8 Å². The predicted molar refractivity (Wildman–Crippen MR) is 104 cm³/mol. The van der Waals surface area contributed by atoms with Gasteiger partial charge in [0.15, 0.2) is 5.69 Å². The molecule has 0 spiro atoms. The normalized spacial score (nSPS) is 19.0. The topological polar surface area (TPSA) is 64.4 Å². The quantitative estimate of drug-likeness (QED) is 0.699. The lowest BCUT2D eigenvalue weighted by atomic mass is 9.95. The number of hydrogen-bond acceptors (Lipinski definition) is 4. The Kier molecular flexibility index (Phi) is 5.04. The third-order valence-corrected chi connectivity index (χ3v) is 5.92. The lowest BCUT2D eigenvalue weighted by Crippen LogP contribution is -2.41. The van der Waals surface area contributed by atoms with Gasteiger partial charge < -0.3 is 9.64 Å². The first-order valence-electron chi connectivity index (χ1n) is 9.35. The maximum Gasteiger partial charge on any atom is 0.328 e. The van der Waals surface area contributed by atoms with Crippen molar-refractivity contribution in [2.75, 3.05) is 13.7 Å². The zero-order valence-electron chi connectivity index (χ0n) is 15.3. The lowest BCUT2D eigenvalue weighted by molar-refractivity contribution is -0.145. The molecule has 0 radical (unpaired) electrons. The van der Waals surface area contributed by atoms with Gasteiger partial charge in [-0.15, -0.1) is 0 Å². The maximum atomic E-state index is 13.3. The fraction of sp³-hybridized carbons (Fsp3) is 0.450. The molecule has 1 saturated heterocycles. The van der Waals surface area contributed by atoms with E-state index in [4.69, 9.17) is 9.84 Å². The molecule has 27 heavy (non-hydrogen) atoms. The van der Waals surface area contributed by atoms with Crippen LogP contribution >= 0.6 is 15.9 Å². The number of carbonyl (C=O) groups excluding carboxylic acids is 2. The fourth-order valence-corrected chi connectivity index (χ4v) is 4.51. The molecule has 0 saturated carbocycles. The second-order valence-electron chi connectivity index (χ2n) is 7.05. The van der Waals surface area contributed by atoms with Gasteiger partial charge in [-0.25, -0.2) is 9.48 Å². The molecule has 1 aliphatic heterocycles. The molecule has 2 aliphatic rings. The highest BCUT2D eigenvalue weighted by Crippen LogP contribution is 2.30. The summed E-state index contributed by atoms with van der Waals surface area (Å²) in [7, 11) is 1.37. The van der Waals surface area contributed by atoms with Crippen molar-refractivity contribution in [1.82, 2.24) is 14.7 Å². The molecule has 1 unspecified atom stereocenters. The number of ether oxygens (including phenoxy) is 1. The van der Waals surface area contributed by atoms with E-state index in [1.165, 1.54) is 7.11 Å². The number of halogens is 1. The molecule has 6 nitrogen and oxygen atoms in total. The van der Waals surface area contributed by atoms with Crippen LogP contribution in [0.15, 0.2) is 28.7 Å². The van der Waals surface area contributed by atoms with Crippen LogP contribution in [0.2, 0.25) is 0 Å². The van der Waals surface area contributed by atoms with Crippen molar-refractivity contribution in [2.24, 2.45) is 0 Å². The summed E-state index contributed by atoms with van der Waals surface area (Å²) < 4.78 is 7.76. The largest absolute Gasteiger partial charge is 0.467 e. The van der Waals surface area contributed by atoms with Crippen LogP contribution in [0.1, 0.15) is 47.4 Å². The standard InChI is InChI=1S/C20H22BrN3O3/c1-27-20(26)17-10-5-11-23(17)19(25)18-15-8-2-3-9-16(15)24(22-18)14-7-4-6-13(21)12-14/h4,6-7,12,17H,2-3,5,8-11H2,1H3. The summed E-state index contributed by atoms with van der Waals surface area (Å²) in [5.74, 6) is -0.504. The minimum Gasteiger partial charge on any atom is -0.467 e. The van der Waals surface area contributed by atoms with Crippen molar-refractivity contribution in [3.8, 4) is 5.69 Å². The Morgan fingerprint density at radius 3 is 2.81 bits per heavy atom. The summed E-state index contributed by atoms with van der Waals surface area (Å²) >= 11 is 3.51. The van der Waals surface area contributed by atoms with Crippen LogP contribution in [0.5, 0.6) is 0 Å². The van der Waals surface area contributed by atoms with E-state index in [1.54, 1.807) is 4.90 Å². The molecule has 1 atom stereocenters. The zero-order chi connectivity index (χ0) is 19.0. The summed E-state index contributed by atoms with van der Waals surface area (Å²) in [6.07, 6.45) is 5.35. The molecule has 2 aromatic rings. The number of esters is 1. The molecular formula is C20H22BrN3O3. The van der Waals surface area contributed by atoms with Gasteiger partial charge in [-0.3, -0.25) is 4.79 Å². The molecule has 1 aliphatic carbocycles. The second-order valence-corrected chi connectivity index (χ2v) is 7.97. The first-order valence-corrected chi connectivity index (χ1v) is 10.1. The number of nitrogens with zero attached hydrogens (tertiary/aromatic N) is 3. The van der Waals surface area contributed by atoms with Gasteiger partial charge in [-0.05, 0) is 56.7 Å². The SMILES string of the molecule is COC(=O)C1CCCN1C(=O)c1nn(-c2cccc(Br)c2)c2c1CCCC2. The smallest absolute Gasteiger partial charge is 0.328 e. The molecular weight excluding hydrogens is 410 g/mol. The molecule has 0 bridgehead atoms. The Labute approximate surface area is 166 Å². The van der Waals surface area contributed by atoms with Gasteiger partial charge in [-0.1, -0.05) is 22.0 Å². The highest BCUT2D eigenvalue weighted by atomic mass is 79.9. The van der Waals surface area contributed by atoms with Crippen molar-refractivity contribution in [1.29, 1.82) is 0 Å². The van der Waals surface area contributed by atoms with Crippen LogP contribution in [0.25, 0.3) is 5.69 Å². The summed E-state index contributed by atoms with van der Waals surface area (Å²) in [6, 6.07) is 7.43. The van der Waals surface area contributed by atoms with E-state index in [1.807, 2.05) is 28.9 Å². The Hall–Kier alpha value is -2.15. The van der Waals surface area contributed by atoms with Crippen LogP contribution in [0.3, 0.4) is 0 Å². The Bertz CT molecular complexity index is 893. The predicted octanol–water partition coefficient (Wildman–Crippen LogP) is 3.29. The molecule has 1 amide bonds. The van der Waals surface area contributed by atoms with E-state index in [-0.39, 0.29) is 11.9 Å². The summed E-state index contributed by atoms with van der Waals surface area (Å²) in [6.45, 7) is 0.567. The maximum absolute atomic E-state index is 13.3. The molecule has 0 N–H and O–H groups in total. The summed E-state index contributed by atoms with van der Waals surface area (Å²) in [5, 5.41) is 4.72. The van der Waals surface area contributed by atoms with E-state index in [0.717, 1.165) is 53.5 Å². The van der Waals surface area contributed by atoms with Crippen molar-refractivity contribution in [2.45, 2.75) is 44.6 Å². The van der Waals surface area contributed by atoms with Crippen LogP contribution < -0.4 is 0 Å². The third-order valence-electron chi connectivity index (χ3n) is 5.42. The van der Waals surface area contributed by atoms with Crippen LogP contribution in [0, 0.1) is 0 Å². The van der Waals surface area contributed by atoms with Gasteiger partial charge in [0.2, 0.25) is 0 Å². The van der Waals surface area contributed by atoms with E-state index in [0.29, 0.717) is 18.7 Å². The number of rotatable bonds is 3. The fourth-order valence-electron chi connectivity index (χ4n) is 4.12. The Morgan fingerprint density at radius 2 is 2.04 bits per heavy atom. The third kappa shape index (κ3) is 3.29. The molecule has 1 aromatic carbocycles. The minimum atomic E-state index is -0.502. The number of methoxy groups -OCH3 is 1. The number of hydrogen-bond donors (Lipinski definition) is 0. The monoisotopic (exact) mass is 431 g/mol. The van der Waals surface area contributed by atoms with Gasteiger partial charge in [0, 0.05) is 22.3 Å². The number of benzene rings is 1. The number of aromatic nitrogens is 2. The molecule has 1 aromatic heterocycles. The van der Waals surface area contributed by atoms with E-state index < -0.39 is 6.04 Å². The van der Waals surface area contributed by atoms with Crippen molar-refractivity contribution in [3.05, 3.63) is 45.7 Å². The average Bonchev–Trinajstić information content (AvgIpc) is 3.32. The highest BCUT2D eigenvalue weighted by Gasteiger charge is 2.38. The number of likely N-dealkylation sites (tertiary alicyclic amines) is 1. The summed E-state index contributed by atoms with van der Waals surface area (Å²) in [5.41, 5.74) is 3.56. The highest BCUT2D eigenvalue weighted by molar-refractivity contribution is 9.10. The molecule has 7 heteroatoms. The van der Waals surface area contributed by atoms with Crippen LogP contribution in [-0.4, -0.2) is 46.3 Å². The van der Waals surface area contributed by atoms with Gasteiger partial charge in [0.25, 0.3) is 5.91 Å². The van der Waals surface area contributed by atoms with E-state index in [9.17, 15) is 9.59 Å². The summed E-state index contributed by atoms with van der Waals surface area (Å²) in [4.78, 5) is 27.0. The first kappa shape index (κ1) is 18.2. The number of carbonyl (C=O) groups is 2. The Morgan fingerprint density at radius 1 is 1.22 bits per heavy atom. The van der Waals surface area contributed by atoms with E-state index >= 15 is 0 Å². The molecule has 4 rings (SSSR count). The first-order chi connectivity index (χ1) is 13.1. The van der Waals surface area contributed by atoms with Crippen molar-refractivity contribution >= 4 is 27.8 Å². The molecule has 142 valence electrons. The Balaban J connectivity index is 1.75. The number of amides is 1. The second kappa shape index (κ2) is 7.46. The number of fused-ring (bicyclic) bond motifs is 1. The van der Waals surface area contributed by atoms with Crippen LogP contribution in [-0.2, 0) is 22.4 Å². The van der Waals surface area contributed by atoms with Gasteiger partial charge in [-0.2, -0.15) is 5.10 Å². The van der Waals surface area contributed by atoms with Gasteiger partial charge >= 0.3 is 5.97 Å². The van der Waals surface area contributed by atoms with E-state index in [2.05, 4.69) is 15.9 Å². The zero-order valence-corrected chi connectivity index (χ0v) is 16.9.